The van der Waals surface area contributed by atoms with Crippen LogP contribution in [0.15, 0.2) is 0 Å². The second-order valence-corrected chi connectivity index (χ2v) is 4.24. The zero-order chi connectivity index (χ0) is 12.6. The lowest BCUT2D eigenvalue weighted by atomic mass is 10.3. The van der Waals surface area contributed by atoms with Crippen molar-refractivity contribution < 1.29 is 18.3 Å². The third-order valence-corrected chi connectivity index (χ3v) is 2.99. The van der Waals surface area contributed by atoms with E-state index in [0.29, 0.717) is 4.52 Å². The van der Waals surface area contributed by atoms with E-state index in [9.17, 15) is 18.3 Å². The summed E-state index contributed by atoms with van der Waals surface area (Å²) in [7, 11) is 0. The third kappa shape index (κ3) is 2.23. The smallest absolute Gasteiger partial charge is 0.386 e. The average Bonchev–Trinajstić information content (AvgIpc) is 2.73. The molecule has 94 valence electrons. The molecule has 2 heterocycles. The normalized spacial score (nSPS) is 14.4. The molecule has 1 unspecified atom stereocenters. The first-order valence-electron chi connectivity index (χ1n) is 4.61. The van der Waals surface area contributed by atoms with Crippen molar-refractivity contribution in [3.8, 4) is 0 Å². The molecule has 0 aliphatic carbocycles. The van der Waals surface area contributed by atoms with Crippen LogP contribution in [-0.4, -0.2) is 31.5 Å². The van der Waals surface area contributed by atoms with Gasteiger partial charge in [-0.3, -0.25) is 0 Å². The van der Waals surface area contributed by atoms with Gasteiger partial charge in [0.2, 0.25) is 4.96 Å². The van der Waals surface area contributed by atoms with Gasteiger partial charge in [0, 0.05) is 0 Å². The number of hydrogen-bond acceptors (Lipinski definition) is 6. The van der Waals surface area contributed by atoms with Crippen LogP contribution >= 0.6 is 11.3 Å². The summed E-state index contributed by atoms with van der Waals surface area (Å²) in [5.41, 5.74) is 5.24. The number of aliphatic hydroxyl groups is 1. The lowest BCUT2D eigenvalue weighted by Crippen LogP contribution is -2.12. The fourth-order valence-corrected chi connectivity index (χ4v) is 2.08. The standard InChI is InChI=1S/C7H8F3N5OS/c8-7(9,10)5-12-13-6-15(5)14-4(17-6)3(16)1-2-11/h3,16H,1-2,11H2. The lowest BCUT2D eigenvalue weighted by molar-refractivity contribution is -0.146. The van der Waals surface area contributed by atoms with Crippen LogP contribution in [0, 0.1) is 0 Å². The summed E-state index contributed by atoms with van der Waals surface area (Å²) in [6.07, 6.45) is -5.37. The number of hydrogen-bond donors (Lipinski definition) is 2. The van der Waals surface area contributed by atoms with Gasteiger partial charge in [-0.15, -0.1) is 10.2 Å². The largest absolute Gasteiger partial charge is 0.453 e. The number of nitrogens with zero attached hydrogens (tertiary/aromatic N) is 4. The number of alkyl halides is 3. The Bertz CT molecular complexity index is 521. The van der Waals surface area contributed by atoms with Crippen LogP contribution < -0.4 is 5.73 Å². The quantitative estimate of drug-likeness (QED) is 0.849. The van der Waals surface area contributed by atoms with E-state index >= 15 is 0 Å². The van der Waals surface area contributed by atoms with Crippen LogP contribution in [0.25, 0.3) is 4.96 Å². The molecule has 0 fully saturated rings. The SMILES string of the molecule is NCCC(O)c1nn2c(C(F)(F)F)nnc2s1. The van der Waals surface area contributed by atoms with E-state index in [0.717, 1.165) is 11.3 Å². The van der Waals surface area contributed by atoms with Gasteiger partial charge in [0.15, 0.2) is 0 Å². The molecule has 0 radical (unpaired) electrons. The summed E-state index contributed by atoms with van der Waals surface area (Å²) in [5.74, 6) is -1.20. The Morgan fingerprint density at radius 1 is 1.41 bits per heavy atom. The van der Waals surface area contributed by atoms with E-state index < -0.39 is 18.1 Å². The highest BCUT2D eigenvalue weighted by Crippen LogP contribution is 2.30. The van der Waals surface area contributed by atoms with Gasteiger partial charge in [0.1, 0.15) is 11.1 Å². The third-order valence-electron chi connectivity index (χ3n) is 1.99. The van der Waals surface area contributed by atoms with Crippen molar-refractivity contribution >= 4 is 16.3 Å². The fourth-order valence-electron chi connectivity index (χ4n) is 1.22. The second-order valence-electron chi connectivity index (χ2n) is 3.25. The first-order valence-corrected chi connectivity index (χ1v) is 5.42. The molecule has 2 aromatic heterocycles. The molecule has 0 amide bonds. The van der Waals surface area contributed by atoms with Crippen LogP contribution in [-0.2, 0) is 6.18 Å². The number of aromatic nitrogens is 4. The Labute approximate surface area is 96.9 Å². The summed E-state index contributed by atoms with van der Waals surface area (Å²) in [4.78, 5) is -0.0107. The molecule has 0 aliphatic rings. The number of rotatable bonds is 3. The van der Waals surface area contributed by atoms with Gasteiger partial charge in [-0.25, -0.2) is 0 Å². The van der Waals surface area contributed by atoms with Crippen molar-refractivity contribution in [2.75, 3.05) is 6.54 Å². The van der Waals surface area contributed by atoms with E-state index in [1.54, 1.807) is 0 Å². The topological polar surface area (TPSA) is 89.3 Å². The monoisotopic (exact) mass is 267 g/mol. The van der Waals surface area contributed by atoms with E-state index in [-0.39, 0.29) is 22.9 Å². The predicted octanol–water partition coefficient (Wildman–Crippen LogP) is 0.587. The number of aliphatic hydroxyl groups excluding tert-OH is 1. The molecule has 3 N–H and O–H groups in total. The molecule has 0 saturated carbocycles. The van der Waals surface area contributed by atoms with Gasteiger partial charge in [0.25, 0.3) is 5.82 Å². The van der Waals surface area contributed by atoms with Crippen molar-refractivity contribution in [1.82, 2.24) is 19.8 Å². The highest BCUT2D eigenvalue weighted by Gasteiger charge is 2.38. The van der Waals surface area contributed by atoms with Crippen LogP contribution in [0.3, 0.4) is 0 Å². The van der Waals surface area contributed by atoms with E-state index in [4.69, 9.17) is 5.73 Å². The minimum absolute atomic E-state index is 0.0107. The highest BCUT2D eigenvalue weighted by molar-refractivity contribution is 7.16. The maximum atomic E-state index is 12.5. The minimum Gasteiger partial charge on any atom is -0.386 e. The second kappa shape index (κ2) is 4.20. The first kappa shape index (κ1) is 12.2. The molecule has 0 aliphatic heterocycles. The summed E-state index contributed by atoms with van der Waals surface area (Å²) >= 11 is 0.855. The Kier molecular flexibility index (Phi) is 3.02. The number of nitrogens with two attached hydrogens (primary N) is 1. The maximum absolute atomic E-state index is 12.5. The van der Waals surface area contributed by atoms with Gasteiger partial charge in [-0.05, 0) is 13.0 Å². The Morgan fingerprint density at radius 3 is 2.71 bits per heavy atom. The molecule has 0 spiro atoms. The summed E-state index contributed by atoms with van der Waals surface area (Å²) in [6.45, 7) is 0.216. The number of halogens is 3. The zero-order valence-electron chi connectivity index (χ0n) is 8.35. The van der Waals surface area contributed by atoms with E-state index in [1.165, 1.54) is 0 Å². The lowest BCUT2D eigenvalue weighted by Gasteiger charge is -2.03. The first-order chi connectivity index (χ1) is 7.93. The molecule has 1 atom stereocenters. The van der Waals surface area contributed by atoms with Gasteiger partial charge in [-0.1, -0.05) is 11.3 Å². The van der Waals surface area contributed by atoms with Crippen molar-refractivity contribution in [3.63, 3.8) is 0 Å². The molecule has 0 bridgehead atoms. The molecule has 2 rings (SSSR count). The van der Waals surface area contributed by atoms with E-state index in [2.05, 4.69) is 15.3 Å². The zero-order valence-corrected chi connectivity index (χ0v) is 9.16. The molecule has 0 aromatic carbocycles. The summed E-state index contributed by atoms with van der Waals surface area (Å²) < 4.78 is 38.0. The molecule has 10 heteroatoms. The minimum atomic E-state index is -4.62. The summed E-state index contributed by atoms with van der Waals surface area (Å²) in [5, 5.41) is 19.7. The number of fused-ring (bicyclic) bond motifs is 1. The average molecular weight is 267 g/mol. The van der Waals surface area contributed by atoms with Crippen molar-refractivity contribution in [2.45, 2.75) is 18.7 Å². The van der Waals surface area contributed by atoms with Gasteiger partial charge >= 0.3 is 6.18 Å². The van der Waals surface area contributed by atoms with Crippen LogP contribution in [0.5, 0.6) is 0 Å². The van der Waals surface area contributed by atoms with Crippen LogP contribution in [0.2, 0.25) is 0 Å². The molecule has 2 aromatic rings. The van der Waals surface area contributed by atoms with Crippen molar-refractivity contribution in [1.29, 1.82) is 0 Å². The Hall–Kier alpha value is -1.26. The van der Waals surface area contributed by atoms with Gasteiger partial charge in [-0.2, -0.15) is 22.8 Å². The Morgan fingerprint density at radius 2 is 2.12 bits per heavy atom. The van der Waals surface area contributed by atoms with Gasteiger partial charge < -0.3 is 10.8 Å². The Balaban J connectivity index is 2.42. The van der Waals surface area contributed by atoms with E-state index in [1.807, 2.05) is 0 Å². The molecule has 6 nitrogen and oxygen atoms in total. The highest BCUT2D eigenvalue weighted by atomic mass is 32.1. The molecular formula is C7H8F3N5OS. The maximum Gasteiger partial charge on any atom is 0.453 e. The molecule has 0 saturated heterocycles. The fraction of sp³-hybridized carbons (Fsp3) is 0.571. The van der Waals surface area contributed by atoms with Crippen molar-refractivity contribution in [2.24, 2.45) is 5.73 Å². The molecule has 17 heavy (non-hydrogen) atoms. The van der Waals surface area contributed by atoms with Crippen molar-refractivity contribution in [3.05, 3.63) is 10.8 Å². The van der Waals surface area contributed by atoms with Crippen LogP contribution in [0.4, 0.5) is 13.2 Å². The van der Waals surface area contributed by atoms with Gasteiger partial charge in [0.05, 0.1) is 0 Å². The van der Waals surface area contributed by atoms with Crippen LogP contribution in [0.1, 0.15) is 23.4 Å². The predicted molar refractivity (Wildman–Crippen MR) is 52.3 cm³/mol. The molecular weight excluding hydrogens is 259 g/mol. The summed E-state index contributed by atoms with van der Waals surface area (Å²) in [6, 6.07) is 0.